The van der Waals surface area contributed by atoms with E-state index in [1.807, 2.05) is 13.8 Å². The van der Waals surface area contributed by atoms with Crippen molar-refractivity contribution in [3.05, 3.63) is 0 Å². The van der Waals surface area contributed by atoms with Crippen LogP contribution in [-0.2, 0) is 0 Å². The van der Waals surface area contributed by atoms with Crippen molar-refractivity contribution in [2.45, 2.75) is 64.9 Å². The molecule has 0 heterocycles. The van der Waals surface area contributed by atoms with Gasteiger partial charge in [-0.2, -0.15) is 0 Å². The maximum absolute atomic E-state index is 10.6. The van der Waals surface area contributed by atoms with Crippen molar-refractivity contribution in [1.82, 2.24) is 0 Å². The lowest BCUT2D eigenvalue weighted by atomic mass is 9.64. The van der Waals surface area contributed by atoms with Gasteiger partial charge in [0.15, 0.2) is 0 Å². The van der Waals surface area contributed by atoms with Crippen LogP contribution in [0.15, 0.2) is 0 Å². The summed E-state index contributed by atoms with van der Waals surface area (Å²) in [6, 6.07) is 0. The summed E-state index contributed by atoms with van der Waals surface area (Å²) in [6.45, 7) is 4.28. The van der Waals surface area contributed by atoms with Gasteiger partial charge in [0.2, 0.25) is 0 Å². The highest BCUT2D eigenvalue weighted by atomic mass is 16.3. The molecule has 0 bridgehead atoms. The molecule has 20 heavy (non-hydrogen) atoms. The molecule has 4 N–H and O–H groups in total. The molecule has 1 fully saturated rings. The molecule has 0 aromatic rings. The van der Waals surface area contributed by atoms with Crippen molar-refractivity contribution >= 4 is 0 Å². The Bertz CT molecular complexity index is 259. The summed E-state index contributed by atoms with van der Waals surface area (Å²) in [4.78, 5) is 0. The highest BCUT2D eigenvalue weighted by molar-refractivity contribution is 4.92. The van der Waals surface area contributed by atoms with Gasteiger partial charge >= 0.3 is 0 Å². The van der Waals surface area contributed by atoms with E-state index in [9.17, 15) is 20.4 Å². The summed E-state index contributed by atoms with van der Waals surface area (Å²) in [7, 11) is 0. The van der Waals surface area contributed by atoms with Gasteiger partial charge in [0.1, 0.15) is 0 Å². The van der Waals surface area contributed by atoms with E-state index in [0.717, 1.165) is 38.5 Å². The number of aliphatic hydroxyl groups is 4. The van der Waals surface area contributed by atoms with Crippen molar-refractivity contribution in [2.75, 3.05) is 19.8 Å². The van der Waals surface area contributed by atoms with Crippen LogP contribution in [0, 0.1) is 16.7 Å². The van der Waals surface area contributed by atoms with Gasteiger partial charge < -0.3 is 20.4 Å². The molecule has 0 amide bonds. The Morgan fingerprint density at radius 3 is 2.00 bits per heavy atom. The number of hydrogen-bond donors (Lipinski definition) is 4. The van der Waals surface area contributed by atoms with E-state index in [1.165, 1.54) is 0 Å². The minimum atomic E-state index is -0.583. The second-order valence-electron chi connectivity index (χ2n) is 6.73. The van der Waals surface area contributed by atoms with Crippen molar-refractivity contribution in [1.29, 1.82) is 0 Å². The van der Waals surface area contributed by atoms with Crippen LogP contribution >= 0.6 is 0 Å². The predicted octanol–water partition coefficient (Wildman–Crippen LogP) is 1.70. The topological polar surface area (TPSA) is 80.9 Å². The van der Waals surface area contributed by atoms with Crippen molar-refractivity contribution in [2.24, 2.45) is 16.7 Å². The monoisotopic (exact) mass is 288 g/mol. The molecular weight excluding hydrogens is 256 g/mol. The van der Waals surface area contributed by atoms with Crippen LogP contribution in [-0.4, -0.2) is 46.4 Å². The molecule has 0 aromatic carbocycles. The highest BCUT2D eigenvalue weighted by Gasteiger charge is 2.42. The summed E-state index contributed by atoms with van der Waals surface area (Å²) in [5, 5.41) is 39.3. The summed E-state index contributed by atoms with van der Waals surface area (Å²) in [5.41, 5.74) is -0.689. The molecular formula is C16H32O4. The molecule has 0 aromatic heterocycles. The summed E-state index contributed by atoms with van der Waals surface area (Å²) in [5.74, 6) is 0.340. The average molecular weight is 288 g/mol. The first-order chi connectivity index (χ1) is 9.51. The van der Waals surface area contributed by atoms with Crippen LogP contribution in [0.4, 0.5) is 0 Å². The quantitative estimate of drug-likeness (QED) is 0.548. The fourth-order valence-corrected chi connectivity index (χ4v) is 3.58. The van der Waals surface area contributed by atoms with Gasteiger partial charge in [-0.3, -0.25) is 0 Å². The second-order valence-corrected chi connectivity index (χ2v) is 6.73. The zero-order valence-corrected chi connectivity index (χ0v) is 13.0. The molecule has 120 valence electrons. The highest BCUT2D eigenvalue weighted by Crippen LogP contribution is 2.45. The molecule has 0 saturated heterocycles. The molecule has 1 aliphatic rings. The molecule has 1 atom stereocenters. The maximum Gasteiger partial charge on any atom is 0.0624 e. The fourth-order valence-electron chi connectivity index (χ4n) is 3.58. The average Bonchev–Trinajstić information content (AvgIpc) is 2.50. The predicted molar refractivity (Wildman–Crippen MR) is 79.3 cm³/mol. The van der Waals surface area contributed by atoms with Crippen molar-refractivity contribution in [3.63, 3.8) is 0 Å². The van der Waals surface area contributed by atoms with E-state index in [4.69, 9.17) is 0 Å². The molecule has 0 aliphatic heterocycles. The molecule has 1 rings (SSSR count). The number of hydrogen-bond acceptors (Lipinski definition) is 4. The van der Waals surface area contributed by atoms with Gasteiger partial charge in [-0.1, -0.05) is 13.8 Å². The van der Waals surface area contributed by atoms with Crippen LogP contribution in [0.1, 0.15) is 58.8 Å². The van der Waals surface area contributed by atoms with Crippen LogP contribution in [0.3, 0.4) is 0 Å². The normalized spacial score (nSPS) is 29.4. The lowest BCUT2D eigenvalue weighted by molar-refractivity contribution is -0.0713. The first kappa shape index (κ1) is 17.9. The first-order valence-electron chi connectivity index (χ1n) is 8.02. The molecule has 4 heteroatoms. The maximum atomic E-state index is 10.6. The molecule has 4 nitrogen and oxygen atoms in total. The summed E-state index contributed by atoms with van der Waals surface area (Å²) in [6.07, 6.45) is 4.96. The minimum Gasteiger partial charge on any atom is -0.396 e. The van der Waals surface area contributed by atoms with E-state index >= 15 is 0 Å². The minimum absolute atomic E-state index is 0.0120. The van der Waals surface area contributed by atoms with Crippen LogP contribution in [0.5, 0.6) is 0 Å². The van der Waals surface area contributed by atoms with Crippen LogP contribution in [0.25, 0.3) is 0 Å². The Balaban J connectivity index is 2.73. The Labute approximate surface area is 122 Å². The number of rotatable bonds is 8. The van der Waals surface area contributed by atoms with Gasteiger partial charge in [-0.15, -0.1) is 0 Å². The molecule has 0 spiro atoms. The Morgan fingerprint density at radius 2 is 1.65 bits per heavy atom. The van der Waals surface area contributed by atoms with E-state index in [0.29, 0.717) is 12.3 Å². The van der Waals surface area contributed by atoms with Gasteiger partial charge in [-0.25, -0.2) is 0 Å². The zero-order chi connectivity index (χ0) is 15.2. The smallest absolute Gasteiger partial charge is 0.0624 e. The van der Waals surface area contributed by atoms with E-state index in [-0.39, 0.29) is 25.2 Å². The second kappa shape index (κ2) is 7.74. The lowest BCUT2D eigenvalue weighted by Gasteiger charge is -2.44. The Morgan fingerprint density at radius 1 is 1.10 bits per heavy atom. The van der Waals surface area contributed by atoms with E-state index < -0.39 is 11.5 Å². The van der Waals surface area contributed by atoms with Crippen LogP contribution in [0.2, 0.25) is 0 Å². The third-order valence-electron chi connectivity index (χ3n) is 5.82. The van der Waals surface area contributed by atoms with Gasteiger partial charge in [0, 0.05) is 18.6 Å². The lowest BCUT2D eigenvalue weighted by Crippen LogP contribution is -2.44. The molecule has 1 unspecified atom stereocenters. The SMILES string of the molecule is CCC(CC)(CO)C(O)CC1(CO)CCC(CO)CC1. The zero-order valence-electron chi connectivity index (χ0n) is 13.0. The van der Waals surface area contributed by atoms with Crippen molar-refractivity contribution < 1.29 is 20.4 Å². The molecule has 1 saturated carbocycles. The Kier molecular flexibility index (Phi) is 6.92. The largest absolute Gasteiger partial charge is 0.396 e. The number of aliphatic hydroxyl groups excluding tert-OH is 4. The summed E-state index contributed by atoms with van der Waals surface area (Å²) >= 11 is 0. The third kappa shape index (κ3) is 3.73. The van der Waals surface area contributed by atoms with Gasteiger partial charge in [0.05, 0.1) is 12.7 Å². The van der Waals surface area contributed by atoms with Gasteiger partial charge in [0.25, 0.3) is 0 Å². The molecule has 1 aliphatic carbocycles. The fraction of sp³-hybridized carbons (Fsp3) is 1.00. The van der Waals surface area contributed by atoms with Gasteiger partial charge in [-0.05, 0) is 56.3 Å². The molecule has 0 radical (unpaired) electrons. The summed E-state index contributed by atoms with van der Waals surface area (Å²) < 4.78 is 0. The van der Waals surface area contributed by atoms with E-state index in [1.54, 1.807) is 0 Å². The third-order valence-corrected chi connectivity index (χ3v) is 5.82. The van der Waals surface area contributed by atoms with E-state index in [2.05, 4.69) is 0 Å². The van der Waals surface area contributed by atoms with Crippen molar-refractivity contribution in [3.8, 4) is 0 Å². The Hall–Kier alpha value is -0.160. The standard InChI is InChI=1S/C16H32O4/c1-3-16(4-2,12-19)14(20)9-15(11-18)7-5-13(10-17)6-8-15/h13-14,17-20H,3-12H2,1-2H3. The first-order valence-corrected chi connectivity index (χ1v) is 8.02. The van der Waals surface area contributed by atoms with Crippen LogP contribution < -0.4 is 0 Å².